The van der Waals surface area contributed by atoms with E-state index in [1.54, 1.807) is 0 Å². The van der Waals surface area contributed by atoms with Crippen LogP contribution in [0.2, 0.25) is 0 Å². The van der Waals surface area contributed by atoms with Crippen molar-refractivity contribution in [3.63, 3.8) is 0 Å². The SMILES string of the molecule is C1=CCCC(c2ccc(-c3cc(-c4ccccc4-c4ccc5c(c4)Oc4ccccc4C54c5ccccc5-c5ccccc54)nc(-c4ccccc4)n3)cc2)=C1. The molecule has 3 nitrogen and oxygen atoms in total. The van der Waals surface area contributed by atoms with Crippen molar-refractivity contribution >= 4 is 5.57 Å². The lowest BCUT2D eigenvalue weighted by Gasteiger charge is -2.39. The van der Waals surface area contributed by atoms with Gasteiger partial charge < -0.3 is 4.74 Å². The Kier molecular flexibility index (Phi) is 7.53. The highest BCUT2D eigenvalue weighted by atomic mass is 16.5. The Balaban J connectivity index is 1.07. The van der Waals surface area contributed by atoms with Gasteiger partial charge in [0.05, 0.1) is 16.8 Å². The highest BCUT2D eigenvalue weighted by molar-refractivity contribution is 5.90. The number of rotatable bonds is 5. The molecule has 0 fully saturated rings. The number of para-hydroxylation sites is 1. The smallest absolute Gasteiger partial charge is 0.160 e. The predicted octanol–water partition coefficient (Wildman–Crippen LogP) is 13.3. The first kappa shape index (κ1) is 32.3. The van der Waals surface area contributed by atoms with Gasteiger partial charge in [0, 0.05) is 27.8 Å². The summed E-state index contributed by atoms with van der Waals surface area (Å²) in [5.41, 5.74) is 16.5. The average Bonchev–Trinajstić information content (AvgIpc) is 3.57. The molecule has 1 spiro atoms. The summed E-state index contributed by atoms with van der Waals surface area (Å²) >= 11 is 0. The van der Waals surface area contributed by atoms with Crippen molar-refractivity contribution < 1.29 is 4.74 Å². The van der Waals surface area contributed by atoms with Crippen molar-refractivity contribution in [3.05, 3.63) is 222 Å². The molecule has 0 saturated heterocycles. The summed E-state index contributed by atoms with van der Waals surface area (Å²) in [4.78, 5) is 10.4. The third-order valence-corrected chi connectivity index (χ3v) is 11.7. The van der Waals surface area contributed by atoms with Gasteiger partial charge in [-0.05, 0) is 75.6 Å². The van der Waals surface area contributed by atoms with E-state index in [1.807, 2.05) is 18.2 Å². The number of hydrogen-bond donors (Lipinski definition) is 0. The Labute approximate surface area is 327 Å². The maximum absolute atomic E-state index is 6.88. The van der Waals surface area contributed by atoms with E-state index in [0.717, 1.165) is 69.1 Å². The highest BCUT2D eigenvalue weighted by Gasteiger charge is 2.50. The van der Waals surface area contributed by atoms with Crippen molar-refractivity contribution in [2.24, 2.45) is 0 Å². The van der Waals surface area contributed by atoms with Gasteiger partial charge in [0.1, 0.15) is 11.5 Å². The van der Waals surface area contributed by atoms with Crippen LogP contribution in [-0.4, -0.2) is 9.97 Å². The molecule has 0 saturated carbocycles. The maximum atomic E-state index is 6.88. The Morgan fingerprint density at radius 2 is 1.02 bits per heavy atom. The third-order valence-electron chi connectivity index (χ3n) is 11.7. The molecule has 264 valence electrons. The molecule has 2 aliphatic carbocycles. The molecule has 1 aliphatic heterocycles. The summed E-state index contributed by atoms with van der Waals surface area (Å²) in [6, 6.07) is 62.8. The fraction of sp³-hybridized carbons (Fsp3) is 0.0566. The van der Waals surface area contributed by atoms with Crippen LogP contribution >= 0.6 is 0 Å². The lowest BCUT2D eigenvalue weighted by molar-refractivity contribution is 0.436. The molecule has 3 aliphatic rings. The summed E-state index contributed by atoms with van der Waals surface area (Å²) in [5.74, 6) is 2.44. The predicted molar refractivity (Wildman–Crippen MR) is 228 cm³/mol. The fourth-order valence-corrected chi connectivity index (χ4v) is 9.13. The van der Waals surface area contributed by atoms with E-state index < -0.39 is 5.41 Å². The van der Waals surface area contributed by atoms with Crippen LogP contribution in [0, 0.1) is 0 Å². The minimum Gasteiger partial charge on any atom is -0.457 e. The summed E-state index contributed by atoms with van der Waals surface area (Å²) in [5, 5.41) is 0. The topological polar surface area (TPSA) is 35.0 Å². The van der Waals surface area contributed by atoms with Crippen LogP contribution in [0.3, 0.4) is 0 Å². The van der Waals surface area contributed by atoms with Crippen LogP contribution in [0.15, 0.2) is 194 Å². The standard InChI is InChI=1S/C53H36N2O/c1-3-15-35(16-4-1)36-27-29-37(30-28-36)48-34-49(55-52(54-48)38-17-5-2-6-18-38)43-22-8-7-19-40(43)39-31-32-47-51(33-39)56-50-26-14-13-25-46(50)53(47)44-23-11-9-20-41(44)42-21-10-12-24-45(42)53/h1-3,5-15,17-34H,4,16H2. The van der Waals surface area contributed by atoms with Gasteiger partial charge in [0.25, 0.3) is 0 Å². The molecular weight excluding hydrogens is 681 g/mol. The molecular formula is C53H36N2O. The molecule has 0 amide bonds. The second kappa shape index (κ2) is 13.0. The van der Waals surface area contributed by atoms with E-state index in [0.29, 0.717) is 5.82 Å². The molecule has 3 heteroatoms. The van der Waals surface area contributed by atoms with E-state index in [4.69, 9.17) is 14.7 Å². The Hall–Kier alpha value is -7.10. The van der Waals surface area contributed by atoms with Gasteiger partial charge in [-0.15, -0.1) is 0 Å². The van der Waals surface area contributed by atoms with E-state index in [-0.39, 0.29) is 0 Å². The second-order valence-electron chi connectivity index (χ2n) is 14.8. The Bertz CT molecular complexity index is 2840. The number of fused-ring (bicyclic) bond motifs is 9. The lowest BCUT2D eigenvalue weighted by atomic mass is 9.66. The fourth-order valence-electron chi connectivity index (χ4n) is 9.13. The summed E-state index contributed by atoms with van der Waals surface area (Å²) in [6.07, 6.45) is 8.75. The first-order chi connectivity index (χ1) is 27.8. The summed E-state index contributed by atoms with van der Waals surface area (Å²) in [6.45, 7) is 0. The molecule has 0 unspecified atom stereocenters. The van der Waals surface area contributed by atoms with E-state index >= 15 is 0 Å². The Morgan fingerprint density at radius 1 is 0.429 bits per heavy atom. The molecule has 1 aromatic heterocycles. The van der Waals surface area contributed by atoms with Crippen molar-refractivity contribution in [1.29, 1.82) is 0 Å². The van der Waals surface area contributed by atoms with Gasteiger partial charge in [-0.3, -0.25) is 0 Å². The van der Waals surface area contributed by atoms with Crippen molar-refractivity contribution in [2.75, 3.05) is 0 Å². The molecule has 8 aromatic rings. The average molecular weight is 717 g/mol. The molecule has 0 atom stereocenters. The number of hydrogen-bond acceptors (Lipinski definition) is 3. The second-order valence-corrected chi connectivity index (χ2v) is 14.8. The minimum absolute atomic E-state index is 0.499. The Morgan fingerprint density at radius 3 is 1.75 bits per heavy atom. The molecule has 0 radical (unpaired) electrons. The largest absolute Gasteiger partial charge is 0.457 e. The third kappa shape index (κ3) is 5.05. The maximum Gasteiger partial charge on any atom is 0.160 e. The number of nitrogens with zero attached hydrogens (tertiary/aromatic N) is 2. The van der Waals surface area contributed by atoms with Gasteiger partial charge in [-0.2, -0.15) is 0 Å². The monoisotopic (exact) mass is 716 g/mol. The van der Waals surface area contributed by atoms with Crippen LogP contribution in [0.5, 0.6) is 11.5 Å². The first-order valence-electron chi connectivity index (χ1n) is 19.4. The first-order valence-corrected chi connectivity index (χ1v) is 19.4. The van der Waals surface area contributed by atoms with Crippen LogP contribution < -0.4 is 4.74 Å². The van der Waals surface area contributed by atoms with E-state index in [9.17, 15) is 0 Å². The zero-order valence-electron chi connectivity index (χ0n) is 30.7. The zero-order chi connectivity index (χ0) is 37.1. The molecule has 11 rings (SSSR count). The molecule has 0 bridgehead atoms. The number of allylic oxidation sites excluding steroid dienone is 4. The molecule has 2 heterocycles. The van der Waals surface area contributed by atoms with E-state index in [1.165, 1.54) is 39.0 Å². The van der Waals surface area contributed by atoms with Gasteiger partial charge in [-0.1, -0.05) is 176 Å². The van der Waals surface area contributed by atoms with Crippen molar-refractivity contribution in [2.45, 2.75) is 18.3 Å². The van der Waals surface area contributed by atoms with Gasteiger partial charge in [0.15, 0.2) is 5.82 Å². The van der Waals surface area contributed by atoms with Crippen molar-refractivity contribution in [1.82, 2.24) is 9.97 Å². The number of ether oxygens (including phenoxy) is 1. The normalized spacial score (nSPS) is 14.2. The van der Waals surface area contributed by atoms with Crippen LogP contribution in [0.1, 0.15) is 40.7 Å². The van der Waals surface area contributed by atoms with Gasteiger partial charge in [-0.25, -0.2) is 9.97 Å². The van der Waals surface area contributed by atoms with Crippen LogP contribution in [-0.2, 0) is 5.41 Å². The number of aromatic nitrogens is 2. The van der Waals surface area contributed by atoms with Crippen LogP contribution in [0.25, 0.3) is 61.7 Å². The van der Waals surface area contributed by atoms with Crippen LogP contribution in [0.4, 0.5) is 0 Å². The molecule has 7 aromatic carbocycles. The highest BCUT2D eigenvalue weighted by Crippen LogP contribution is 2.62. The minimum atomic E-state index is -0.499. The molecule has 56 heavy (non-hydrogen) atoms. The quantitative estimate of drug-likeness (QED) is 0.178. The molecule has 0 N–H and O–H groups in total. The summed E-state index contributed by atoms with van der Waals surface area (Å²) < 4.78 is 6.88. The summed E-state index contributed by atoms with van der Waals surface area (Å²) in [7, 11) is 0. The number of benzene rings is 7. The van der Waals surface area contributed by atoms with Crippen molar-refractivity contribution in [3.8, 4) is 67.7 Å². The van der Waals surface area contributed by atoms with Gasteiger partial charge in [0.2, 0.25) is 0 Å². The lowest BCUT2D eigenvalue weighted by Crippen LogP contribution is -2.32. The van der Waals surface area contributed by atoms with Gasteiger partial charge >= 0.3 is 0 Å². The van der Waals surface area contributed by atoms with E-state index in [2.05, 4.69) is 176 Å². The zero-order valence-corrected chi connectivity index (χ0v) is 30.7.